The lowest BCUT2D eigenvalue weighted by atomic mass is 10.1. The number of aliphatic hydroxyl groups excluding tert-OH is 1. The van der Waals surface area contributed by atoms with Crippen molar-refractivity contribution in [2.24, 2.45) is 0 Å². The molecule has 0 fully saturated rings. The molecule has 0 aliphatic heterocycles. The molecule has 2 nitrogen and oxygen atoms in total. The maximum Gasteiger partial charge on any atom is 0.133 e. The first-order chi connectivity index (χ1) is 11.3. The number of benzene rings is 2. The molecule has 0 saturated carbocycles. The summed E-state index contributed by atoms with van der Waals surface area (Å²) in [5, 5.41) is 9.19. The van der Waals surface area contributed by atoms with Gasteiger partial charge in [0, 0.05) is 12.2 Å². The molecule has 0 bridgehead atoms. The Hall–Kier alpha value is -1.64. The van der Waals surface area contributed by atoms with Crippen molar-refractivity contribution in [2.45, 2.75) is 39.2 Å². The molecular formula is C21H30NO+. The minimum Gasteiger partial charge on any atom is -0.396 e. The van der Waals surface area contributed by atoms with Crippen LogP contribution in [0, 0.1) is 0 Å². The Morgan fingerprint density at radius 3 is 2.00 bits per heavy atom. The minimum absolute atomic E-state index is 0.286. The van der Waals surface area contributed by atoms with Gasteiger partial charge < -0.3 is 5.11 Å². The SMILES string of the molecule is CCCC[N+](CCCCO)(Cc1ccccc1)c1ccccc1. The molecule has 0 saturated heterocycles. The fourth-order valence-electron chi connectivity index (χ4n) is 3.28. The molecule has 2 rings (SSSR count). The van der Waals surface area contributed by atoms with Crippen LogP contribution in [0.25, 0.3) is 0 Å². The quantitative estimate of drug-likeness (QED) is 0.495. The standard InChI is InChI=1S/C21H30NO/c1-2-3-16-22(17-10-11-18-23,21-14-8-5-9-15-21)19-20-12-6-4-7-13-20/h4-9,12-15,23H,2-3,10-11,16-19H2,1H3/q+1. The number of unbranched alkanes of at least 4 members (excludes halogenated alkanes) is 2. The van der Waals surface area contributed by atoms with E-state index in [-0.39, 0.29) is 6.61 Å². The van der Waals surface area contributed by atoms with Crippen LogP contribution < -0.4 is 4.48 Å². The molecule has 1 unspecified atom stereocenters. The van der Waals surface area contributed by atoms with Crippen molar-refractivity contribution >= 4 is 5.69 Å². The third-order valence-corrected chi connectivity index (χ3v) is 4.57. The summed E-state index contributed by atoms with van der Waals surface area (Å²) in [6.07, 6.45) is 4.37. The molecule has 0 radical (unpaired) electrons. The molecule has 1 N–H and O–H groups in total. The molecule has 0 aliphatic rings. The second-order valence-corrected chi connectivity index (χ2v) is 6.36. The molecule has 2 aromatic carbocycles. The van der Waals surface area contributed by atoms with Crippen LogP contribution in [0.5, 0.6) is 0 Å². The lowest BCUT2D eigenvalue weighted by Crippen LogP contribution is -2.50. The molecular weight excluding hydrogens is 282 g/mol. The normalized spacial score (nSPS) is 13.7. The molecule has 0 heterocycles. The van der Waals surface area contributed by atoms with Gasteiger partial charge in [-0.25, -0.2) is 0 Å². The lowest BCUT2D eigenvalue weighted by molar-refractivity contribution is 0.233. The van der Waals surface area contributed by atoms with E-state index in [1.165, 1.54) is 24.1 Å². The monoisotopic (exact) mass is 312 g/mol. The van der Waals surface area contributed by atoms with E-state index in [0.717, 1.165) is 37.0 Å². The van der Waals surface area contributed by atoms with Crippen molar-refractivity contribution in [3.8, 4) is 0 Å². The van der Waals surface area contributed by atoms with E-state index in [2.05, 4.69) is 67.6 Å². The highest BCUT2D eigenvalue weighted by Crippen LogP contribution is 2.28. The average molecular weight is 312 g/mol. The highest BCUT2D eigenvalue weighted by atomic mass is 16.2. The van der Waals surface area contributed by atoms with Gasteiger partial charge in [-0.05, 0) is 31.4 Å². The fourth-order valence-corrected chi connectivity index (χ4v) is 3.28. The number of hydrogen-bond acceptors (Lipinski definition) is 1. The fraction of sp³-hybridized carbons (Fsp3) is 0.429. The van der Waals surface area contributed by atoms with Crippen molar-refractivity contribution in [3.63, 3.8) is 0 Å². The largest absolute Gasteiger partial charge is 0.396 e. The molecule has 0 aromatic heterocycles. The van der Waals surface area contributed by atoms with E-state index in [1.54, 1.807) is 0 Å². The summed E-state index contributed by atoms with van der Waals surface area (Å²) in [7, 11) is 0. The zero-order chi connectivity index (χ0) is 16.4. The van der Waals surface area contributed by atoms with Crippen LogP contribution in [0.4, 0.5) is 5.69 Å². The Morgan fingerprint density at radius 1 is 0.783 bits per heavy atom. The Bertz CT molecular complexity index is 540. The van der Waals surface area contributed by atoms with Gasteiger partial charge in [0.1, 0.15) is 12.2 Å². The van der Waals surface area contributed by atoms with Gasteiger partial charge in [0.15, 0.2) is 0 Å². The van der Waals surface area contributed by atoms with Crippen molar-refractivity contribution in [1.29, 1.82) is 0 Å². The van der Waals surface area contributed by atoms with Crippen LogP contribution in [0.2, 0.25) is 0 Å². The van der Waals surface area contributed by atoms with Crippen LogP contribution in [0.1, 0.15) is 38.2 Å². The van der Waals surface area contributed by atoms with Crippen LogP contribution in [0.15, 0.2) is 60.7 Å². The Balaban J connectivity index is 2.31. The first kappa shape index (κ1) is 17.7. The number of hydrogen-bond donors (Lipinski definition) is 1. The van der Waals surface area contributed by atoms with Gasteiger partial charge in [-0.2, -0.15) is 0 Å². The van der Waals surface area contributed by atoms with Gasteiger partial charge in [-0.3, -0.25) is 4.48 Å². The zero-order valence-electron chi connectivity index (χ0n) is 14.3. The van der Waals surface area contributed by atoms with Crippen LogP contribution >= 0.6 is 0 Å². The van der Waals surface area contributed by atoms with Crippen molar-refractivity contribution in [2.75, 3.05) is 19.7 Å². The van der Waals surface area contributed by atoms with Crippen molar-refractivity contribution in [3.05, 3.63) is 66.2 Å². The second-order valence-electron chi connectivity index (χ2n) is 6.36. The minimum atomic E-state index is 0.286. The van der Waals surface area contributed by atoms with Crippen molar-refractivity contribution in [1.82, 2.24) is 4.48 Å². The number of aliphatic hydroxyl groups is 1. The highest BCUT2D eigenvalue weighted by Gasteiger charge is 2.29. The van der Waals surface area contributed by atoms with Crippen LogP contribution in [-0.4, -0.2) is 24.8 Å². The number of quaternary nitrogens is 1. The summed E-state index contributed by atoms with van der Waals surface area (Å²) >= 11 is 0. The Kier molecular flexibility index (Phi) is 7.31. The molecule has 2 aromatic rings. The van der Waals surface area contributed by atoms with Gasteiger partial charge in [-0.15, -0.1) is 0 Å². The van der Waals surface area contributed by atoms with Gasteiger partial charge in [0.25, 0.3) is 0 Å². The summed E-state index contributed by atoms with van der Waals surface area (Å²) in [5.74, 6) is 0. The zero-order valence-corrected chi connectivity index (χ0v) is 14.3. The predicted molar refractivity (Wildman–Crippen MR) is 99.3 cm³/mol. The number of para-hydroxylation sites is 1. The van der Waals surface area contributed by atoms with Gasteiger partial charge in [0.05, 0.1) is 13.1 Å². The van der Waals surface area contributed by atoms with E-state index in [0.29, 0.717) is 0 Å². The molecule has 0 spiro atoms. The maximum absolute atomic E-state index is 9.19. The summed E-state index contributed by atoms with van der Waals surface area (Å²) in [6, 6.07) is 21.7. The molecule has 0 amide bonds. The second kappa shape index (κ2) is 9.49. The van der Waals surface area contributed by atoms with E-state index < -0.39 is 0 Å². The van der Waals surface area contributed by atoms with Crippen LogP contribution in [-0.2, 0) is 6.54 Å². The Labute approximate surface area is 141 Å². The van der Waals surface area contributed by atoms with Gasteiger partial charge in [0.2, 0.25) is 0 Å². The van der Waals surface area contributed by atoms with E-state index >= 15 is 0 Å². The number of nitrogens with zero attached hydrogens (tertiary/aromatic N) is 1. The van der Waals surface area contributed by atoms with Gasteiger partial charge >= 0.3 is 0 Å². The highest BCUT2D eigenvalue weighted by molar-refractivity contribution is 5.43. The van der Waals surface area contributed by atoms with E-state index in [1.807, 2.05) is 0 Å². The number of rotatable bonds is 10. The van der Waals surface area contributed by atoms with E-state index in [9.17, 15) is 5.11 Å². The predicted octanol–water partition coefficient (Wildman–Crippen LogP) is 4.77. The van der Waals surface area contributed by atoms with E-state index in [4.69, 9.17) is 0 Å². The summed E-state index contributed by atoms with van der Waals surface area (Å²) in [6.45, 7) is 5.81. The van der Waals surface area contributed by atoms with Crippen molar-refractivity contribution < 1.29 is 5.11 Å². The summed E-state index contributed by atoms with van der Waals surface area (Å²) in [4.78, 5) is 0. The first-order valence-electron chi connectivity index (χ1n) is 8.87. The molecule has 2 heteroatoms. The third kappa shape index (κ3) is 5.19. The molecule has 23 heavy (non-hydrogen) atoms. The van der Waals surface area contributed by atoms with Crippen LogP contribution in [0.3, 0.4) is 0 Å². The molecule has 0 aliphatic carbocycles. The summed E-state index contributed by atoms with van der Waals surface area (Å²) in [5.41, 5.74) is 2.78. The third-order valence-electron chi connectivity index (χ3n) is 4.57. The first-order valence-corrected chi connectivity index (χ1v) is 8.87. The molecule has 124 valence electrons. The maximum atomic E-state index is 9.19. The van der Waals surface area contributed by atoms with Gasteiger partial charge in [-0.1, -0.05) is 61.9 Å². The smallest absolute Gasteiger partial charge is 0.133 e. The molecule has 1 atom stereocenters. The average Bonchev–Trinajstić information content (AvgIpc) is 2.61. The topological polar surface area (TPSA) is 20.2 Å². The summed E-state index contributed by atoms with van der Waals surface area (Å²) < 4.78 is 0.985. The Morgan fingerprint density at radius 2 is 1.39 bits per heavy atom. The lowest BCUT2D eigenvalue weighted by Gasteiger charge is -2.39.